The summed E-state index contributed by atoms with van der Waals surface area (Å²) in [7, 11) is 0. The molecule has 0 aliphatic rings. The summed E-state index contributed by atoms with van der Waals surface area (Å²) < 4.78 is 1.13. The number of nitrogens with zero attached hydrogens (tertiary/aromatic N) is 2. The molecular weight excluding hydrogens is 199 g/mol. The molecule has 1 aromatic rings. The van der Waals surface area contributed by atoms with E-state index in [9.17, 15) is 0 Å². The number of rotatable bonds is 0. The molecule has 0 aliphatic heterocycles. The smallest absolute Gasteiger partial charge is 0.0175 e. The first-order chi connectivity index (χ1) is 4.39. The van der Waals surface area contributed by atoms with Crippen LogP contribution in [0.25, 0.3) is 0 Å². The highest BCUT2D eigenvalue weighted by Crippen LogP contribution is 2.05. The molecule has 0 saturated carbocycles. The Balaban J connectivity index is 0. The van der Waals surface area contributed by atoms with Gasteiger partial charge in [-0.1, -0.05) is 34.1 Å². The summed E-state index contributed by atoms with van der Waals surface area (Å²) in [5, 5.41) is 12.0. The first-order valence-corrected chi connectivity index (χ1v) is 3.09. The van der Waals surface area contributed by atoms with Gasteiger partial charge in [0.25, 0.3) is 0 Å². The quantitative estimate of drug-likeness (QED) is 0.611. The van der Waals surface area contributed by atoms with Gasteiger partial charge in [0.15, 0.2) is 0 Å². The van der Waals surface area contributed by atoms with Crippen LogP contribution < -0.4 is 0 Å². The van der Waals surface area contributed by atoms with Crippen LogP contribution in [0.2, 0.25) is 0 Å². The molecule has 54 valence electrons. The van der Waals surface area contributed by atoms with E-state index < -0.39 is 0 Å². The van der Waals surface area contributed by atoms with Crippen LogP contribution in [0, 0.1) is 10.8 Å². The van der Waals surface area contributed by atoms with E-state index in [1.165, 1.54) is 0 Å². The molecule has 0 aliphatic carbocycles. The van der Waals surface area contributed by atoms with Gasteiger partial charge in [-0.3, -0.25) is 4.70 Å². The number of hydrogen-bond acceptors (Lipinski definition) is 2. The predicted molar refractivity (Wildman–Crippen MR) is 40.1 cm³/mol. The summed E-state index contributed by atoms with van der Waals surface area (Å²) >= 11 is 3.31. The van der Waals surface area contributed by atoms with E-state index >= 15 is 0 Å². The molecule has 1 aromatic carbocycles. The standard InChI is InChI=1S/C6H5Br.FH.N2/c7-6-4-2-1-3-5-6;;1-2/h1-5H;1H;. The van der Waals surface area contributed by atoms with E-state index in [1.807, 2.05) is 30.3 Å². The zero-order chi connectivity index (χ0) is 7.11. The number of benzene rings is 1. The normalized spacial score (nSPS) is 6.30. The van der Waals surface area contributed by atoms with Gasteiger partial charge in [0.05, 0.1) is 0 Å². The fourth-order valence-electron chi connectivity index (χ4n) is 0.415. The van der Waals surface area contributed by atoms with Crippen molar-refractivity contribution in [3.05, 3.63) is 34.8 Å². The van der Waals surface area contributed by atoms with Gasteiger partial charge in [0, 0.05) is 15.3 Å². The zero-order valence-electron chi connectivity index (χ0n) is 5.07. The molecular formula is C6H6BrFN2. The molecule has 0 bridgehead atoms. The Morgan fingerprint density at radius 3 is 1.60 bits per heavy atom. The highest BCUT2D eigenvalue weighted by atomic mass is 79.9. The maximum Gasteiger partial charge on any atom is 0.0175 e. The molecule has 0 amide bonds. The first kappa shape index (κ1) is 11.8. The lowest BCUT2D eigenvalue weighted by Crippen LogP contribution is -1.55. The van der Waals surface area contributed by atoms with Crippen LogP contribution in [-0.2, 0) is 0 Å². The van der Waals surface area contributed by atoms with Crippen molar-refractivity contribution in [2.75, 3.05) is 0 Å². The molecule has 0 atom stereocenters. The minimum absolute atomic E-state index is 0. The average molecular weight is 205 g/mol. The van der Waals surface area contributed by atoms with Crippen molar-refractivity contribution in [1.82, 2.24) is 0 Å². The van der Waals surface area contributed by atoms with Crippen LogP contribution >= 0.6 is 15.9 Å². The Kier molecular flexibility index (Phi) is 9.50. The van der Waals surface area contributed by atoms with E-state index in [0.29, 0.717) is 0 Å². The van der Waals surface area contributed by atoms with E-state index in [-0.39, 0.29) is 4.70 Å². The zero-order valence-corrected chi connectivity index (χ0v) is 6.65. The number of halogens is 2. The third-order valence-electron chi connectivity index (χ3n) is 0.733. The molecule has 0 saturated heterocycles. The molecule has 10 heavy (non-hydrogen) atoms. The summed E-state index contributed by atoms with van der Waals surface area (Å²) in [5.74, 6) is 0. The molecule has 0 fully saturated rings. The molecule has 1 rings (SSSR count). The largest absolute Gasteiger partial charge is 0.269 e. The van der Waals surface area contributed by atoms with Crippen LogP contribution in [0.5, 0.6) is 0 Å². The van der Waals surface area contributed by atoms with Gasteiger partial charge in [-0.2, -0.15) is 0 Å². The van der Waals surface area contributed by atoms with Crippen LogP contribution in [0.1, 0.15) is 0 Å². The Hall–Kier alpha value is -0.950. The second kappa shape index (κ2) is 8.05. The van der Waals surface area contributed by atoms with E-state index in [0.717, 1.165) is 4.47 Å². The molecule has 4 heteroatoms. The molecule has 0 aromatic heterocycles. The first-order valence-electron chi connectivity index (χ1n) is 2.30. The van der Waals surface area contributed by atoms with E-state index in [4.69, 9.17) is 10.8 Å². The Morgan fingerprint density at radius 1 is 1.00 bits per heavy atom. The van der Waals surface area contributed by atoms with Crippen LogP contribution in [0.4, 0.5) is 4.70 Å². The molecule has 0 N–H and O–H groups in total. The monoisotopic (exact) mass is 204 g/mol. The lowest BCUT2D eigenvalue weighted by atomic mass is 10.4. The highest BCUT2D eigenvalue weighted by molar-refractivity contribution is 9.10. The summed E-state index contributed by atoms with van der Waals surface area (Å²) in [6.45, 7) is 0. The van der Waals surface area contributed by atoms with Crippen LogP contribution in [-0.4, -0.2) is 0 Å². The SMILES string of the molecule is Brc1ccccc1.F.N#N. The van der Waals surface area contributed by atoms with Gasteiger partial charge >= 0.3 is 0 Å². The van der Waals surface area contributed by atoms with E-state index in [1.54, 1.807) is 0 Å². The summed E-state index contributed by atoms with van der Waals surface area (Å²) in [4.78, 5) is 0. The molecule has 0 spiro atoms. The lowest BCUT2D eigenvalue weighted by molar-refractivity contribution is 1.11. The fourth-order valence-corrected chi connectivity index (χ4v) is 0.720. The third kappa shape index (κ3) is 5.19. The van der Waals surface area contributed by atoms with Crippen molar-refractivity contribution in [2.24, 2.45) is 0 Å². The Labute approximate surface area is 66.8 Å². The Bertz CT molecular complexity index is 176. The highest BCUT2D eigenvalue weighted by Gasteiger charge is 1.74. The summed E-state index contributed by atoms with van der Waals surface area (Å²) in [6, 6.07) is 9.97. The maximum atomic E-state index is 6.00. The molecule has 0 radical (unpaired) electrons. The van der Waals surface area contributed by atoms with Gasteiger partial charge < -0.3 is 0 Å². The fraction of sp³-hybridized carbons (Fsp3) is 0. The van der Waals surface area contributed by atoms with Crippen molar-refractivity contribution in [2.45, 2.75) is 0 Å². The van der Waals surface area contributed by atoms with Gasteiger partial charge in [-0.15, -0.1) is 0 Å². The topological polar surface area (TPSA) is 47.6 Å². The van der Waals surface area contributed by atoms with E-state index in [2.05, 4.69) is 15.9 Å². The van der Waals surface area contributed by atoms with Gasteiger partial charge in [-0.25, -0.2) is 0 Å². The predicted octanol–water partition coefficient (Wildman–Crippen LogP) is 2.63. The van der Waals surface area contributed by atoms with Crippen molar-refractivity contribution in [3.63, 3.8) is 0 Å². The molecule has 0 unspecified atom stereocenters. The molecule has 2 nitrogen and oxygen atoms in total. The van der Waals surface area contributed by atoms with Crippen molar-refractivity contribution >= 4 is 15.9 Å². The maximum absolute atomic E-state index is 6.00. The Morgan fingerprint density at radius 2 is 1.40 bits per heavy atom. The minimum atomic E-state index is 0. The lowest BCUT2D eigenvalue weighted by Gasteiger charge is -1.80. The van der Waals surface area contributed by atoms with Crippen molar-refractivity contribution in [3.8, 4) is 0 Å². The van der Waals surface area contributed by atoms with Crippen LogP contribution in [0.15, 0.2) is 34.8 Å². The summed E-state index contributed by atoms with van der Waals surface area (Å²) in [6.07, 6.45) is 0. The third-order valence-corrected chi connectivity index (χ3v) is 1.26. The number of hydrogen-bond donors (Lipinski definition) is 0. The van der Waals surface area contributed by atoms with Crippen molar-refractivity contribution in [1.29, 1.82) is 10.8 Å². The molecule has 0 heterocycles. The van der Waals surface area contributed by atoms with Gasteiger partial charge in [-0.05, 0) is 12.1 Å². The van der Waals surface area contributed by atoms with Gasteiger partial charge in [0.1, 0.15) is 0 Å². The second-order valence-electron chi connectivity index (χ2n) is 1.30. The second-order valence-corrected chi connectivity index (χ2v) is 2.21. The van der Waals surface area contributed by atoms with Crippen molar-refractivity contribution < 1.29 is 4.70 Å². The average Bonchev–Trinajstić information content (AvgIpc) is 1.94. The van der Waals surface area contributed by atoms with Gasteiger partial charge in [0.2, 0.25) is 0 Å². The minimum Gasteiger partial charge on any atom is -0.269 e. The summed E-state index contributed by atoms with van der Waals surface area (Å²) in [5.41, 5.74) is 0. The van der Waals surface area contributed by atoms with Crippen LogP contribution in [0.3, 0.4) is 0 Å².